The highest BCUT2D eigenvalue weighted by atomic mass is 32.2. The molecule has 108 valence electrons. The fraction of sp³-hybridized carbons (Fsp3) is 0.235. The van der Waals surface area contributed by atoms with Crippen molar-refractivity contribution >= 4 is 22.8 Å². The van der Waals surface area contributed by atoms with Crippen LogP contribution in [-0.4, -0.2) is 20.8 Å². The lowest BCUT2D eigenvalue weighted by Crippen LogP contribution is -2.12. The molecule has 21 heavy (non-hydrogen) atoms. The normalized spacial score (nSPS) is 12.7. The molecule has 1 atom stereocenters. The van der Waals surface area contributed by atoms with E-state index < -0.39 is 6.10 Å². The lowest BCUT2D eigenvalue weighted by molar-refractivity contribution is 0.172. The largest absolute Gasteiger partial charge is 0.392 e. The van der Waals surface area contributed by atoms with Gasteiger partial charge < -0.3 is 9.67 Å². The van der Waals surface area contributed by atoms with Crippen LogP contribution in [0.3, 0.4) is 0 Å². The molecule has 3 nitrogen and oxygen atoms in total. The number of hydrogen-bond donors (Lipinski definition) is 1. The Morgan fingerprint density at radius 3 is 2.57 bits per heavy atom. The Labute approximate surface area is 128 Å². The van der Waals surface area contributed by atoms with Crippen LogP contribution in [0, 0.1) is 0 Å². The van der Waals surface area contributed by atoms with Gasteiger partial charge in [0.2, 0.25) is 0 Å². The number of rotatable bonds is 5. The molecule has 0 saturated carbocycles. The number of fused-ring (bicyclic) bond motifs is 1. The van der Waals surface area contributed by atoms with E-state index in [0.29, 0.717) is 6.54 Å². The summed E-state index contributed by atoms with van der Waals surface area (Å²) in [6.45, 7) is 2.37. The molecule has 0 fully saturated rings. The van der Waals surface area contributed by atoms with Crippen LogP contribution < -0.4 is 0 Å². The molecule has 0 amide bonds. The Hall–Kier alpha value is -1.78. The molecule has 1 unspecified atom stereocenters. The molecule has 1 N–H and O–H groups in total. The van der Waals surface area contributed by atoms with Crippen LogP contribution in [0.2, 0.25) is 0 Å². The molecule has 1 heterocycles. The Kier molecular flexibility index (Phi) is 4.27. The van der Waals surface area contributed by atoms with E-state index in [2.05, 4.69) is 34.9 Å². The first-order valence-electron chi connectivity index (χ1n) is 7.04. The standard InChI is InChI=1S/C17H18N2OS/c1-13(20)11-19-16-10-6-5-9-15(16)18-17(19)21-12-14-7-3-2-4-8-14/h2-10,13,20H,11-12H2,1H3. The smallest absolute Gasteiger partial charge is 0.169 e. The van der Waals surface area contributed by atoms with Crippen molar-refractivity contribution < 1.29 is 5.11 Å². The molecule has 0 saturated heterocycles. The molecule has 0 aliphatic rings. The highest BCUT2D eigenvalue weighted by molar-refractivity contribution is 7.98. The molecule has 0 radical (unpaired) electrons. The minimum atomic E-state index is -0.390. The van der Waals surface area contributed by atoms with Gasteiger partial charge in [-0.25, -0.2) is 4.98 Å². The lowest BCUT2D eigenvalue weighted by Gasteiger charge is -2.10. The van der Waals surface area contributed by atoms with Crippen molar-refractivity contribution in [1.82, 2.24) is 9.55 Å². The number of aliphatic hydroxyl groups excluding tert-OH is 1. The summed E-state index contributed by atoms with van der Waals surface area (Å²) in [6.07, 6.45) is -0.390. The van der Waals surface area contributed by atoms with Crippen LogP contribution in [0.15, 0.2) is 59.8 Å². The van der Waals surface area contributed by atoms with Gasteiger partial charge in [-0.2, -0.15) is 0 Å². The van der Waals surface area contributed by atoms with E-state index in [0.717, 1.165) is 21.9 Å². The Bertz CT molecular complexity index is 722. The SMILES string of the molecule is CC(O)Cn1c(SCc2ccccc2)nc2ccccc21. The van der Waals surface area contributed by atoms with Gasteiger partial charge in [-0.1, -0.05) is 54.2 Å². The molecular weight excluding hydrogens is 280 g/mol. The van der Waals surface area contributed by atoms with Gasteiger partial charge in [-0.3, -0.25) is 0 Å². The number of imidazole rings is 1. The Morgan fingerprint density at radius 2 is 1.81 bits per heavy atom. The maximum Gasteiger partial charge on any atom is 0.169 e. The summed E-state index contributed by atoms with van der Waals surface area (Å²) in [7, 11) is 0. The zero-order chi connectivity index (χ0) is 14.7. The zero-order valence-electron chi connectivity index (χ0n) is 11.9. The van der Waals surface area contributed by atoms with Crippen molar-refractivity contribution in [2.24, 2.45) is 0 Å². The maximum atomic E-state index is 9.74. The summed E-state index contributed by atoms with van der Waals surface area (Å²) in [5, 5.41) is 10.7. The van der Waals surface area contributed by atoms with E-state index in [-0.39, 0.29) is 0 Å². The van der Waals surface area contributed by atoms with E-state index in [1.54, 1.807) is 18.7 Å². The van der Waals surface area contributed by atoms with Gasteiger partial charge in [-0.05, 0) is 24.6 Å². The molecule has 3 aromatic rings. The molecule has 4 heteroatoms. The van der Waals surface area contributed by atoms with Crippen LogP contribution >= 0.6 is 11.8 Å². The maximum absolute atomic E-state index is 9.74. The molecule has 3 rings (SSSR count). The average Bonchev–Trinajstić information content (AvgIpc) is 2.84. The lowest BCUT2D eigenvalue weighted by atomic mass is 10.2. The highest BCUT2D eigenvalue weighted by Crippen LogP contribution is 2.27. The number of nitrogens with zero attached hydrogens (tertiary/aromatic N) is 2. The summed E-state index contributed by atoms with van der Waals surface area (Å²) in [6, 6.07) is 18.4. The molecule has 0 aliphatic heterocycles. The fourth-order valence-corrected chi connectivity index (χ4v) is 3.31. The summed E-state index contributed by atoms with van der Waals surface area (Å²) in [5.41, 5.74) is 3.33. The predicted octanol–water partition coefficient (Wildman–Crippen LogP) is 3.71. The van der Waals surface area contributed by atoms with Gasteiger partial charge in [0.1, 0.15) is 0 Å². The quantitative estimate of drug-likeness (QED) is 0.730. The molecule has 2 aromatic carbocycles. The summed E-state index contributed by atoms with van der Waals surface area (Å²) >= 11 is 1.71. The number of hydrogen-bond acceptors (Lipinski definition) is 3. The third kappa shape index (κ3) is 3.28. The second-order valence-electron chi connectivity index (χ2n) is 5.12. The van der Waals surface area contributed by atoms with Gasteiger partial charge in [0, 0.05) is 5.75 Å². The number of para-hydroxylation sites is 2. The van der Waals surface area contributed by atoms with Crippen molar-refractivity contribution in [3.05, 3.63) is 60.2 Å². The molecule has 0 bridgehead atoms. The number of thioether (sulfide) groups is 1. The van der Waals surface area contributed by atoms with Gasteiger partial charge in [0.15, 0.2) is 5.16 Å². The molecular formula is C17H18N2OS. The number of aliphatic hydroxyl groups is 1. The van der Waals surface area contributed by atoms with Crippen molar-refractivity contribution in [2.45, 2.75) is 30.5 Å². The monoisotopic (exact) mass is 298 g/mol. The van der Waals surface area contributed by atoms with Crippen molar-refractivity contribution in [3.8, 4) is 0 Å². The minimum Gasteiger partial charge on any atom is -0.392 e. The van der Waals surface area contributed by atoms with E-state index in [9.17, 15) is 5.11 Å². The first kappa shape index (κ1) is 14.2. The number of benzene rings is 2. The van der Waals surface area contributed by atoms with Crippen LogP contribution in [0.5, 0.6) is 0 Å². The summed E-state index contributed by atoms with van der Waals surface area (Å²) in [5.74, 6) is 0.879. The van der Waals surface area contributed by atoms with Crippen molar-refractivity contribution in [1.29, 1.82) is 0 Å². The third-order valence-corrected chi connectivity index (χ3v) is 4.32. The first-order chi connectivity index (χ1) is 10.2. The van der Waals surface area contributed by atoms with Crippen molar-refractivity contribution in [2.75, 3.05) is 0 Å². The van der Waals surface area contributed by atoms with Crippen LogP contribution in [0.25, 0.3) is 11.0 Å². The zero-order valence-corrected chi connectivity index (χ0v) is 12.8. The van der Waals surface area contributed by atoms with Crippen LogP contribution in [0.1, 0.15) is 12.5 Å². The number of aromatic nitrogens is 2. The average molecular weight is 298 g/mol. The highest BCUT2D eigenvalue weighted by Gasteiger charge is 2.12. The van der Waals surface area contributed by atoms with Gasteiger partial charge in [0.05, 0.1) is 23.7 Å². The van der Waals surface area contributed by atoms with Crippen molar-refractivity contribution in [3.63, 3.8) is 0 Å². The topological polar surface area (TPSA) is 38.0 Å². The van der Waals surface area contributed by atoms with Crippen LogP contribution in [-0.2, 0) is 12.3 Å². The van der Waals surface area contributed by atoms with Gasteiger partial charge in [-0.15, -0.1) is 0 Å². The van der Waals surface area contributed by atoms with E-state index in [4.69, 9.17) is 4.98 Å². The fourth-order valence-electron chi connectivity index (χ4n) is 2.33. The summed E-state index contributed by atoms with van der Waals surface area (Å²) in [4.78, 5) is 4.70. The van der Waals surface area contributed by atoms with Gasteiger partial charge >= 0.3 is 0 Å². The van der Waals surface area contributed by atoms with E-state index >= 15 is 0 Å². The van der Waals surface area contributed by atoms with E-state index in [1.807, 2.05) is 24.3 Å². The van der Waals surface area contributed by atoms with Crippen LogP contribution in [0.4, 0.5) is 0 Å². The molecule has 0 spiro atoms. The minimum absolute atomic E-state index is 0.390. The second-order valence-corrected chi connectivity index (χ2v) is 6.06. The van der Waals surface area contributed by atoms with Gasteiger partial charge in [0.25, 0.3) is 0 Å². The first-order valence-corrected chi connectivity index (χ1v) is 8.02. The summed E-state index contributed by atoms with van der Waals surface area (Å²) < 4.78 is 2.10. The Morgan fingerprint density at radius 1 is 1.10 bits per heavy atom. The third-order valence-electron chi connectivity index (χ3n) is 3.28. The Balaban J connectivity index is 1.89. The second kappa shape index (κ2) is 6.33. The molecule has 0 aliphatic carbocycles. The van der Waals surface area contributed by atoms with E-state index in [1.165, 1.54) is 5.56 Å². The molecule has 1 aromatic heterocycles. The predicted molar refractivity (Wildman–Crippen MR) is 87.4 cm³/mol.